The van der Waals surface area contributed by atoms with Crippen LogP contribution in [0.5, 0.6) is 0 Å². The van der Waals surface area contributed by atoms with Crippen molar-refractivity contribution < 1.29 is 14.3 Å². The molecule has 0 aromatic heterocycles. The number of rotatable bonds is 6. The molecule has 0 aromatic carbocycles. The van der Waals surface area contributed by atoms with Crippen LogP contribution in [0.25, 0.3) is 0 Å². The summed E-state index contributed by atoms with van der Waals surface area (Å²) in [7, 11) is 0. The van der Waals surface area contributed by atoms with E-state index in [1.54, 1.807) is 0 Å². The number of amides is 1. The van der Waals surface area contributed by atoms with Gasteiger partial charge in [-0.15, -0.1) is 0 Å². The molecule has 0 heterocycles. The molecule has 11 heavy (non-hydrogen) atoms. The number of ether oxygens (including phenoxy) is 1. The quantitative estimate of drug-likeness (QED) is 0.252. The first-order valence-corrected chi connectivity index (χ1v) is 3.27. The van der Waals surface area contributed by atoms with Crippen molar-refractivity contribution in [3.63, 3.8) is 0 Å². The number of esters is 1. The SMILES string of the molecule is C=CC(=O)OCCCNC=O. The van der Waals surface area contributed by atoms with Gasteiger partial charge < -0.3 is 10.1 Å². The van der Waals surface area contributed by atoms with Crippen molar-refractivity contribution in [3.8, 4) is 0 Å². The molecule has 0 fully saturated rings. The van der Waals surface area contributed by atoms with Crippen molar-refractivity contribution >= 4 is 12.4 Å². The molecule has 0 aliphatic carbocycles. The Bertz CT molecular complexity index is 145. The van der Waals surface area contributed by atoms with E-state index in [4.69, 9.17) is 0 Å². The third-order valence-corrected chi connectivity index (χ3v) is 0.960. The fourth-order valence-corrected chi connectivity index (χ4v) is 0.465. The van der Waals surface area contributed by atoms with Crippen LogP contribution in [-0.2, 0) is 14.3 Å². The van der Waals surface area contributed by atoms with Crippen LogP contribution in [0, 0.1) is 0 Å². The van der Waals surface area contributed by atoms with E-state index in [2.05, 4.69) is 16.6 Å². The predicted molar refractivity (Wildman–Crippen MR) is 39.8 cm³/mol. The van der Waals surface area contributed by atoms with Crippen LogP contribution in [0.3, 0.4) is 0 Å². The van der Waals surface area contributed by atoms with E-state index >= 15 is 0 Å². The molecule has 0 saturated heterocycles. The summed E-state index contributed by atoms with van der Waals surface area (Å²) in [5.74, 6) is -0.434. The predicted octanol–water partition coefficient (Wildman–Crippen LogP) is -0.148. The molecule has 1 amide bonds. The van der Waals surface area contributed by atoms with Gasteiger partial charge in [-0.25, -0.2) is 4.79 Å². The molecule has 62 valence electrons. The Labute approximate surface area is 65.2 Å². The summed E-state index contributed by atoms with van der Waals surface area (Å²) in [6, 6.07) is 0. The van der Waals surface area contributed by atoms with Crippen molar-refractivity contribution in [2.45, 2.75) is 6.42 Å². The fraction of sp³-hybridized carbons (Fsp3) is 0.429. The monoisotopic (exact) mass is 157 g/mol. The summed E-state index contributed by atoms with van der Waals surface area (Å²) in [5, 5.41) is 2.44. The van der Waals surface area contributed by atoms with Crippen molar-refractivity contribution in [3.05, 3.63) is 12.7 Å². The number of hydrogen-bond acceptors (Lipinski definition) is 3. The van der Waals surface area contributed by atoms with Crippen LogP contribution in [-0.4, -0.2) is 25.5 Å². The second-order valence-electron chi connectivity index (χ2n) is 1.80. The van der Waals surface area contributed by atoms with Crippen LogP contribution in [0.1, 0.15) is 6.42 Å². The zero-order chi connectivity index (χ0) is 8.53. The molecule has 0 aliphatic heterocycles. The van der Waals surface area contributed by atoms with E-state index in [-0.39, 0.29) is 0 Å². The van der Waals surface area contributed by atoms with Crippen LogP contribution in [0.2, 0.25) is 0 Å². The van der Waals surface area contributed by atoms with Gasteiger partial charge in [0.15, 0.2) is 0 Å². The average Bonchev–Trinajstić information content (AvgIpc) is 2.04. The molecule has 0 unspecified atom stereocenters. The molecule has 1 N–H and O–H groups in total. The van der Waals surface area contributed by atoms with Crippen molar-refractivity contribution in [1.29, 1.82) is 0 Å². The summed E-state index contributed by atoms with van der Waals surface area (Å²) in [6.45, 7) is 4.06. The molecule has 4 heteroatoms. The zero-order valence-corrected chi connectivity index (χ0v) is 6.21. The highest BCUT2D eigenvalue weighted by Crippen LogP contribution is 1.82. The topological polar surface area (TPSA) is 55.4 Å². The Morgan fingerprint density at radius 2 is 2.36 bits per heavy atom. The lowest BCUT2D eigenvalue weighted by Crippen LogP contribution is -2.15. The zero-order valence-electron chi connectivity index (χ0n) is 6.21. The highest BCUT2D eigenvalue weighted by molar-refractivity contribution is 5.81. The third kappa shape index (κ3) is 6.57. The highest BCUT2D eigenvalue weighted by Gasteiger charge is 1.92. The molecular weight excluding hydrogens is 146 g/mol. The summed E-state index contributed by atoms with van der Waals surface area (Å²) in [6.07, 6.45) is 2.33. The highest BCUT2D eigenvalue weighted by atomic mass is 16.5. The lowest BCUT2D eigenvalue weighted by molar-refractivity contribution is -0.137. The molecule has 0 radical (unpaired) electrons. The van der Waals surface area contributed by atoms with Gasteiger partial charge in [0.05, 0.1) is 6.61 Å². The normalized spacial score (nSPS) is 8.36. The molecule has 0 saturated carbocycles. The van der Waals surface area contributed by atoms with Gasteiger partial charge in [-0.1, -0.05) is 6.58 Å². The lowest BCUT2D eigenvalue weighted by atomic mass is 10.4. The van der Waals surface area contributed by atoms with Crippen molar-refractivity contribution in [2.75, 3.05) is 13.2 Å². The first kappa shape index (κ1) is 9.68. The van der Waals surface area contributed by atoms with Crippen molar-refractivity contribution in [2.24, 2.45) is 0 Å². The second-order valence-corrected chi connectivity index (χ2v) is 1.80. The first-order valence-electron chi connectivity index (χ1n) is 3.27. The summed E-state index contributed by atoms with van der Waals surface area (Å²) >= 11 is 0. The maximum atomic E-state index is 10.4. The summed E-state index contributed by atoms with van der Waals surface area (Å²) in [5.41, 5.74) is 0. The Morgan fingerprint density at radius 1 is 1.64 bits per heavy atom. The molecule has 0 atom stereocenters. The maximum Gasteiger partial charge on any atom is 0.330 e. The van der Waals surface area contributed by atoms with E-state index in [0.29, 0.717) is 26.0 Å². The Morgan fingerprint density at radius 3 is 2.91 bits per heavy atom. The van der Waals surface area contributed by atoms with Crippen LogP contribution in [0.4, 0.5) is 0 Å². The minimum atomic E-state index is -0.434. The smallest absolute Gasteiger partial charge is 0.330 e. The van der Waals surface area contributed by atoms with Gasteiger partial charge in [0.1, 0.15) is 0 Å². The third-order valence-electron chi connectivity index (χ3n) is 0.960. The minimum Gasteiger partial charge on any atom is -0.462 e. The number of nitrogens with one attached hydrogen (secondary N) is 1. The van der Waals surface area contributed by atoms with Gasteiger partial charge in [0.2, 0.25) is 6.41 Å². The number of hydrogen-bond donors (Lipinski definition) is 1. The summed E-state index contributed by atoms with van der Waals surface area (Å²) in [4.78, 5) is 20.1. The van der Waals surface area contributed by atoms with Gasteiger partial charge in [0.25, 0.3) is 0 Å². The molecule has 0 aromatic rings. The second kappa shape index (κ2) is 6.80. The van der Waals surface area contributed by atoms with Gasteiger partial charge in [-0.05, 0) is 6.42 Å². The number of carbonyl (C=O) groups excluding carboxylic acids is 2. The number of carbonyl (C=O) groups is 2. The van der Waals surface area contributed by atoms with E-state index in [9.17, 15) is 9.59 Å². The fourth-order valence-electron chi connectivity index (χ4n) is 0.465. The molecule has 0 aliphatic rings. The van der Waals surface area contributed by atoms with Crippen LogP contribution >= 0.6 is 0 Å². The van der Waals surface area contributed by atoms with Gasteiger partial charge >= 0.3 is 5.97 Å². The first-order chi connectivity index (χ1) is 5.31. The standard InChI is InChI=1S/C7H11NO3/c1-2-7(10)11-5-3-4-8-6-9/h2,6H,1,3-5H2,(H,8,9). The molecule has 4 nitrogen and oxygen atoms in total. The van der Waals surface area contributed by atoms with Gasteiger partial charge in [-0.2, -0.15) is 0 Å². The van der Waals surface area contributed by atoms with E-state index < -0.39 is 5.97 Å². The van der Waals surface area contributed by atoms with Crippen molar-refractivity contribution in [1.82, 2.24) is 5.32 Å². The largest absolute Gasteiger partial charge is 0.462 e. The van der Waals surface area contributed by atoms with E-state index in [1.807, 2.05) is 0 Å². The van der Waals surface area contributed by atoms with Gasteiger partial charge in [-0.3, -0.25) is 4.79 Å². The Kier molecular flexibility index (Phi) is 5.98. The lowest BCUT2D eigenvalue weighted by Gasteiger charge is -1.99. The Balaban J connectivity index is 3.07. The van der Waals surface area contributed by atoms with E-state index in [0.717, 1.165) is 6.08 Å². The van der Waals surface area contributed by atoms with Crippen LogP contribution in [0.15, 0.2) is 12.7 Å². The molecule has 0 bridgehead atoms. The Hall–Kier alpha value is -1.32. The summed E-state index contributed by atoms with van der Waals surface area (Å²) < 4.78 is 4.62. The van der Waals surface area contributed by atoms with Gasteiger partial charge in [0, 0.05) is 12.6 Å². The molecule has 0 spiro atoms. The average molecular weight is 157 g/mol. The minimum absolute atomic E-state index is 0.311. The van der Waals surface area contributed by atoms with E-state index in [1.165, 1.54) is 0 Å². The van der Waals surface area contributed by atoms with Crippen LogP contribution < -0.4 is 5.32 Å². The molecular formula is C7H11NO3. The molecule has 0 rings (SSSR count). The maximum absolute atomic E-state index is 10.4.